The summed E-state index contributed by atoms with van der Waals surface area (Å²) in [6, 6.07) is 16.4. The monoisotopic (exact) mass is 468 g/mol. The van der Waals surface area contributed by atoms with Gasteiger partial charge in [-0.2, -0.15) is 0 Å². The Kier molecular flexibility index (Phi) is 7.58. The van der Waals surface area contributed by atoms with Gasteiger partial charge in [0.15, 0.2) is 0 Å². The van der Waals surface area contributed by atoms with Gasteiger partial charge in [-0.3, -0.25) is 29.2 Å². The van der Waals surface area contributed by atoms with Crippen molar-refractivity contribution in [3.63, 3.8) is 0 Å². The molecule has 8 heteroatoms. The third-order valence-electron chi connectivity index (χ3n) is 5.32. The molecule has 0 fully saturated rings. The van der Waals surface area contributed by atoms with Gasteiger partial charge in [-0.15, -0.1) is 23.5 Å². The highest BCUT2D eigenvalue weighted by molar-refractivity contribution is 7.98. The van der Waals surface area contributed by atoms with Crippen molar-refractivity contribution in [2.24, 2.45) is 14.1 Å². The molecule has 0 aliphatic rings. The Morgan fingerprint density at radius 3 is 1.16 bits per heavy atom. The van der Waals surface area contributed by atoms with Crippen LogP contribution in [0.3, 0.4) is 0 Å². The minimum atomic E-state index is 0.0314. The smallest absolute Gasteiger partial charge is 0.269 e. The quantitative estimate of drug-likeness (QED) is 0.421. The van der Waals surface area contributed by atoms with Crippen molar-refractivity contribution in [1.82, 2.24) is 19.6 Å². The van der Waals surface area contributed by atoms with Crippen LogP contribution in [0.4, 0.5) is 0 Å². The highest BCUT2D eigenvalue weighted by Crippen LogP contribution is 2.23. The van der Waals surface area contributed by atoms with Gasteiger partial charge in [0.05, 0.1) is 11.4 Å². The lowest BCUT2D eigenvalue weighted by Gasteiger charge is -2.01. The molecule has 2 heterocycles. The second-order valence-corrected chi connectivity index (χ2v) is 9.17. The number of benzene rings is 2. The second-order valence-electron chi connectivity index (χ2n) is 7.41. The normalized spacial score (nSPS) is 10.7. The molecule has 0 saturated heterocycles. The van der Waals surface area contributed by atoms with E-state index in [9.17, 15) is 9.59 Å². The zero-order valence-electron chi connectivity index (χ0n) is 19.1. The van der Waals surface area contributed by atoms with Gasteiger partial charge in [0.25, 0.3) is 11.1 Å². The average molecular weight is 469 g/mol. The minimum absolute atomic E-state index is 0.0314. The first-order valence-corrected chi connectivity index (χ1v) is 12.5. The lowest BCUT2D eigenvalue weighted by atomic mass is 10.1. The lowest BCUT2D eigenvalue weighted by Crippen LogP contribution is -2.12. The van der Waals surface area contributed by atoms with Crippen molar-refractivity contribution < 1.29 is 0 Å². The van der Waals surface area contributed by atoms with E-state index in [-0.39, 0.29) is 11.1 Å². The Labute approximate surface area is 196 Å². The largest absolute Gasteiger partial charge is 0.295 e. The van der Waals surface area contributed by atoms with Gasteiger partial charge >= 0.3 is 0 Å². The third-order valence-corrected chi connectivity index (χ3v) is 6.80. The van der Waals surface area contributed by atoms with Crippen LogP contribution in [0.15, 0.2) is 67.9 Å². The van der Waals surface area contributed by atoms with Crippen LogP contribution in [0.1, 0.15) is 11.1 Å². The average Bonchev–Trinajstić information content (AvgIpc) is 3.23. The zero-order valence-corrected chi connectivity index (χ0v) is 20.8. The molecule has 0 radical (unpaired) electrons. The zero-order chi connectivity index (χ0) is 23.4. The molecule has 4 aromatic rings. The number of hydrogen-bond acceptors (Lipinski definition) is 4. The van der Waals surface area contributed by atoms with Crippen molar-refractivity contribution in [3.05, 3.63) is 80.4 Å². The molecule has 168 valence electrons. The molecule has 6 nitrogen and oxygen atoms in total. The molecule has 0 atom stereocenters. The molecule has 0 saturated carbocycles. The molecule has 2 aromatic heterocycles. The number of aromatic nitrogens is 4. The Morgan fingerprint density at radius 1 is 0.625 bits per heavy atom. The van der Waals surface area contributed by atoms with Crippen LogP contribution < -0.4 is 11.1 Å². The maximum atomic E-state index is 11.6. The van der Waals surface area contributed by atoms with Gasteiger partial charge in [0.1, 0.15) is 0 Å². The molecule has 4 rings (SSSR count). The van der Waals surface area contributed by atoms with Crippen molar-refractivity contribution in [1.29, 1.82) is 0 Å². The van der Waals surface area contributed by atoms with E-state index in [4.69, 9.17) is 0 Å². The first-order chi connectivity index (χ1) is 15.3. The summed E-state index contributed by atoms with van der Waals surface area (Å²) in [6.45, 7) is 3.69. The molecule has 32 heavy (non-hydrogen) atoms. The number of rotatable bonds is 4. The molecule has 0 unspecified atom stereocenters. The fourth-order valence-electron chi connectivity index (χ4n) is 3.40. The number of H-pyrrole nitrogens is 2. The highest BCUT2D eigenvalue weighted by atomic mass is 32.2. The first kappa shape index (κ1) is 23.8. The van der Waals surface area contributed by atoms with Crippen LogP contribution in [0.25, 0.3) is 22.5 Å². The number of nitrogens with one attached hydrogen (secondary N) is 2. The predicted molar refractivity (Wildman–Crippen MR) is 136 cm³/mol. The van der Waals surface area contributed by atoms with E-state index in [0.29, 0.717) is 0 Å². The van der Waals surface area contributed by atoms with Crippen LogP contribution in [0.2, 0.25) is 0 Å². The van der Waals surface area contributed by atoms with Gasteiger partial charge in [0.2, 0.25) is 0 Å². The molecule has 2 N–H and O–H groups in total. The molecule has 0 aliphatic carbocycles. The van der Waals surface area contributed by atoms with Gasteiger partial charge in [-0.1, -0.05) is 24.3 Å². The number of hydrogen-bond donors (Lipinski definition) is 2. The maximum absolute atomic E-state index is 11.6. The number of thioether (sulfide) groups is 2. The summed E-state index contributed by atoms with van der Waals surface area (Å²) >= 11 is 3.42. The Balaban J connectivity index is 0.000000181. The number of nitrogens with zero attached hydrogens (tertiary/aromatic N) is 2. The summed E-state index contributed by atoms with van der Waals surface area (Å²) < 4.78 is 3.01. The number of aromatic amines is 2. The summed E-state index contributed by atoms with van der Waals surface area (Å²) in [5.41, 5.74) is 5.49. The van der Waals surface area contributed by atoms with Crippen LogP contribution in [-0.4, -0.2) is 32.1 Å². The maximum Gasteiger partial charge on any atom is 0.269 e. The Hall–Kier alpha value is -2.84. The molecule has 2 aromatic carbocycles. The molecule has 0 spiro atoms. The van der Waals surface area contributed by atoms with Crippen LogP contribution in [0, 0.1) is 13.8 Å². The fraction of sp³-hybridized carbons (Fsp3) is 0.250. The van der Waals surface area contributed by atoms with E-state index in [1.165, 1.54) is 19.2 Å². The summed E-state index contributed by atoms with van der Waals surface area (Å²) in [5.74, 6) is 0. The summed E-state index contributed by atoms with van der Waals surface area (Å²) in [6.07, 6.45) is 4.09. The molecule has 0 bridgehead atoms. The van der Waals surface area contributed by atoms with Crippen molar-refractivity contribution >= 4 is 23.5 Å². The van der Waals surface area contributed by atoms with Crippen LogP contribution in [0.5, 0.6) is 0 Å². The molecular weight excluding hydrogens is 440 g/mol. The molecule has 0 amide bonds. The Morgan fingerprint density at radius 2 is 0.938 bits per heavy atom. The van der Waals surface area contributed by atoms with Crippen molar-refractivity contribution in [2.45, 2.75) is 23.6 Å². The van der Waals surface area contributed by atoms with Gasteiger partial charge < -0.3 is 0 Å². The molecular formula is C24H28N4O2S2. The van der Waals surface area contributed by atoms with E-state index >= 15 is 0 Å². The van der Waals surface area contributed by atoms with Gasteiger partial charge in [-0.25, -0.2) is 0 Å². The lowest BCUT2D eigenvalue weighted by molar-refractivity contribution is 0.741. The van der Waals surface area contributed by atoms with Crippen molar-refractivity contribution in [2.75, 3.05) is 12.5 Å². The summed E-state index contributed by atoms with van der Waals surface area (Å²) in [7, 11) is 3.46. The van der Waals surface area contributed by atoms with E-state index in [2.05, 4.69) is 34.5 Å². The topological polar surface area (TPSA) is 75.6 Å². The minimum Gasteiger partial charge on any atom is -0.295 e. The Bertz CT molecular complexity index is 1210. The predicted octanol–water partition coefficient (Wildman–Crippen LogP) is 4.82. The van der Waals surface area contributed by atoms with Gasteiger partial charge in [0, 0.05) is 35.0 Å². The van der Waals surface area contributed by atoms with E-state index < -0.39 is 0 Å². The first-order valence-electron chi connectivity index (χ1n) is 10.1. The highest BCUT2D eigenvalue weighted by Gasteiger charge is 2.10. The number of aryl methyl sites for hydroxylation is 2. The second kappa shape index (κ2) is 10.2. The third kappa shape index (κ3) is 4.97. The molecule has 0 aliphatic heterocycles. The summed E-state index contributed by atoms with van der Waals surface area (Å²) in [5, 5.41) is 6.13. The van der Waals surface area contributed by atoms with E-state index in [0.717, 1.165) is 33.6 Å². The summed E-state index contributed by atoms with van der Waals surface area (Å²) in [4.78, 5) is 25.7. The van der Waals surface area contributed by atoms with Crippen LogP contribution >= 0.6 is 23.5 Å². The van der Waals surface area contributed by atoms with E-state index in [1.807, 2.05) is 50.6 Å². The fourth-order valence-corrected chi connectivity index (χ4v) is 4.22. The van der Waals surface area contributed by atoms with Crippen LogP contribution in [-0.2, 0) is 14.1 Å². The van der Waals surface area contributed by atoms with Crippen molar-refractivity contribution in [3.8, 4) is 22.5 Å². The van der Waals surface area contributed by atoms with E-state index in [1.54, 1.807) is 37.6 Å². The van der Waals surface area contributed by atoms with Gasteiger partial charge in [-0.05, 0) is 61.8 Å². The SMILES string of the molecule is CSc1ccc(-c2[nH]n(C)c(=O)c2C)cc1.CSc1ccc(-c2[nH]n(C)c(=O)c2C)cc1. The standard InChI is InChI=1S/2C12H14N2OS/c2*1-8-11(13-14(2)12(8)15)9-4-6-10(16-3)7-5-9/h2*4-7,13H,1-3H3.